The third kappa shape index (κ3) is 2.97. The Morgan fingerprint density at radius 3 is 2.66 bits per heavy atom. The standard InChI is InChI=1S/C24H24FN3O4/c1-24(2,3)12-4-5-17-18(8-12)32-22-19-14(21(29)15(23(30)31)11-28(17)19)9-16(25)20(22)27-7-6-13(26)10-27/h4-5,8-9,11,13H,6-7,10,26H2,1-3H3,(H,30,31). The zero-order valence-electron chi connectivity index (χ0n) is 18.1. The number of carboxylic acids is 1. The number of nitrogens with zero attached hydrogens (tertiary/aromatic N) is 2. The number of carboxylic acid groups (broad SMARTS) is 1. The van der Waals surface area contributed by atoms with Crippen LogP contribution in [-0.2, 0) is 5.41 Å². The van der Waals surface area contributed by atoms with E-state index < -0.39 is 22.8 Å². The van der Waals surface area contributed by atoms with Gasteiger partial charge in [-0.05, 0) is 35.6 Å². The minimum absolute atomic E-state index is 0.0322. The maximum absolute atomic E-state index is 15.4. The number of benzene rings is 2. The molecule has 8 heteroatoms. The summed E-state index contributed by atoms with van der Waals surface area (Å²) in [4.78, 5) is 26.5. The number of anilines is 1. The van der Waals surface area contributed by atoms with Crippen molar-refractivity contribution in [3.05, 3.63) is 57.6 Å². The van der Waals surface area contributed by atoms with Gasteiger partial charge in [-0.3, -0.25) is 4.79 Å². The Labute approximate surface area is 183 Å². The van der Waals surface area contributed by atoms with E-state index in [1.165, 1.54) is 6.20 Å². The summed E-state index contributed by atoms with van der Waals surface area (Å²) in [7, 11) is 0. The van der Waals surface area contributed by atoms with Crippen LogP contribution in [0.3, 0.4) is 0 Å². The second-order valence-corrected chi connectivity index (χ2v) is 9.51. The van der Waals surface area contributed by atoms with Crippen molar-refractivity contribution in [3.63, 3.8) is 0 Å². The number of ether oxygens (including phenoxy) is 1. The average molecular weight is 437 g/mol. The number of hydrogen-bond donors (Lipinski definition) is 2. The summed E-state index contributed by atoms with van der Waals surface area (Å²) in [5.41, 5.74) is 6.93. The van der Waals surface area contributed by atoms with Gasteiger partial charge < -0.3 is 25.0 Å². The van der Waals surface area contributed by atoms with E-state index in [4.69, 9.17) is 10.5 Å². The first kappa shape index (κ1) is 20.5. The number of rotatable bonds is 2. The van der Waals surface area contributed by atoms with Crippen molar-refractivity contribution in [3.8, 4) is 17.2 Å². The van der Waals surface area contributed by atoms with Crippen molar-refractivity contribution >= 4 is 22.6 Å². The molecule has 32 heavy (non-hydrogen) atoms. The van der Waals surface area contributed by atoms with Gasteiger partial charge in [-0.2, -0.15) is 0 Å². The fraction of sp³-hybridized carbons (Fsp3) is 0.333. The van der Waals surface area contributed by atoms with E-state index in [2.05, 4.69) is 20.8 Å². The maximum atomic E-state index is 15.4. The normalized spacial score (nSPS) is 17.4. The molecule has 0 bridgehead atoms. The number of fused-ring (bicyclic) bond motifs is 2. The van der Waals surface area contributed by atoms with Gasteiger partial charge in [0, 0.05) is 25.3 Å². The third-order valence-corrected chi connectivity index (χ3v) is 6.24. The van der Waals surface area contributed by atoms with Gasteiger partial charge >= 0.3 is 5.97 Å². The molecular weight excluding hydrogens is 413 g/mol. The monoisotopic (exact) mass is 437 g/mol. The van der Waals surface area contributed by atoms with Crippen molar-refractivity contribution in [2.75, 3.05) is 18.0 Å². The Bertz CT molecular complexity index is 1360. The molecule has 1 atom stereocenters. The van der Waals surface area contributed by atoms with Gasteiger partial charge in [0.05, 0.1) is 11.1 Å². The molecule has 1 saturated heterocycles. The van der Waals surface area contributed by atoms with Crippen LogP contribution in [0.1, 0.15) is 43.1 Å². The lowest BCUT2D eigenvalue weighted by Crippen LogP contribution is -2.28. The predicted molar refractivity (Wildman–Crippen MR) is 120 cm³/mol. The number of pyridine rings is 1. The van der Waals surface area contributed by atoms with Crippen molar-refractivity contribution in [1.82, 2.24) is 4.57 Å². The van der Waals surface area contributed by atoms with Crippen LogP contribution in [0.4, 0.5) is 10.1 Å². The summed E-state index contributed by atoms with van der Waals surface area (Å²) < 4.78 is 23.3. The van der Waals surface area contributed by atoms with Gasteiger partial charge in [0.25, 0.3) is 0 Å². The summed E-state index contributed by atoms with van der Waals surface area (Å²) in [6, 6.07) is 6.69. The third-order valence-electron chi connectivity index (χ3n) is 6.24. The van der Waals surface area contributed by atoms with Crippen molar-refractivity contribution in [1.29, 1.82) is 0 Å². The van der Waals surface area contributed by atoms with Gasteiger partial charge in [-0.1, -0.05) is 26.8 Å². The fourth-order valence-electron chi connectivity index (χ4n) is 4.51. The minimum atomic E-state index is -1.36. The molecule has 166 valence electrons. The second-order valence-electron chi connectivity index (χ2n) is 9.51. The fourth-order valence-corrected chi connectivity index (χ4v) is 4.51. The van der Waals surface area contributed by atoms with E-state index in [1.807, 2.05) is 23.1 Å². The Kier molecular flexibility index (Phi) is 4.36. The summed E-state index contributed by atoms with van der Waals surface area (Å²) in [6.45, 7) is 7.24. The number of aromatic nitrogens is 1. The highest BCUT2D eigenvalue weighted by Gasteiger charge is 2.33. The molecule has 0 spiro atoms. The highest BCUT2D eigenvalue weighted by atomic mass is 19.1. The molecule has 1 fully saturated rings. The molecule has 0 aliphatic carbocycles. The highest BCUT2D eigenvalue weighted by Crippen LogP contribution is 2.47. The molecule has 2 aliphatic heterocycles. The Morgan fingerprint density at radius 2 is 2.03 bits per heavy atom. The van der Waals surface area contributed by atoms with Crippen molar-refractivity contribution < 1.29 is 19.0 Å². The first-order valence-corrected chi connectivity index (χ1v) is 10.5. The molecule has 3 aromatic rings. The molecular formula is C24H24FN3O4. The second kappa shape index (κ2) is 6.80. The quantitative estimate of drug-likeness (QED) is 0.496. The lowest BCUT2D eigenvalue weighted by molar-refractivity contribution is 0.0695. The van der Waals surface area contributed by atoms with Crippen LogP contribution in [0.25, 0.3) is 16.6 Å². The Morgan fingerprint density at radius 1 is 1.28 bits per heavy atom. The van der Waals surface area contributed by atoms with Crippen LogP contribution >= 0.6 is 0 Å². The molecule has 1 unspecified atom stereocenters. The molecule has 1 aromatic heterocycles. The van der Waals surface area contributed by atoms with Crippen LogP contribution in [0, 0.1) is 5.82 Å². The zero-order chi connectivity index (χ0) is 22.9. The predicted octanol–water partition coefficient (Wildman–Crippen LogP) is 3.77. The van der Waals surface area contributed by atoms with Crippen LogP contribution in [0.5, 0.6) is 11.5 Å². The molecule has 2 aliphatic rings. The van der Waals surface area contributed by atoms with Crippen LogP contribution in [-0.4, -0.2) is 34.8 Å². The van der Waals surface area contributed by atoms with Gasteiger partial charge in [0.1, 0.15) is 16.8 Å². The van der Waals surface area contributed by atoms with Crippen LogP contribution in [0.2, 0.25) is 0 Å². The molecule has 5 rings (SSSR count). The summed E-state index contributed by atoms with van der Waals surface area (Å²) in [5.74, 6) is -1.32. The average Bonchev–Trinajstić information content (AvgIpc) is 3.14. The molecule has 3 N–H and O–H groups in total. The Balaban J connectivity index is 1.87. The number of hydrogen-bond acceptors (Lipinski definition) is 5. The lowest BCUT2D eigenvalue weighted by Gasteiger charge is -2.30. The number of carbonyl (C=O) groups is 1. The van der Waals surface area contributed by atoms with Gasteiger partial charge in [0.2, 0.25) is 5.43 Å². The van der Waals surface area contributed by atoms with Crippen molar-refractivity contribution in [2.45, 2.75) is 38.6 Å². The van der Waals surface area contributed by atoms with E-state index in [9.17, 15) is 14.7 Å². The Hall–Kier alpha value is -3.39. The molecule has 0 saturated carbocycles. The van der Waals surface area contributed by atoms with Crippen molar-refractivity contribution in [2.24, 2.45) is 5.73 Å². The van der Waals surface area contributed by atoms with Crippen LogP contribution < -0.4 is 20.8 Å². The molecule has 7 nitrogen and oxygen atoms in total. The largest absolute Gasteiger partial charge is 0.477 e. The molecule has 0 radical (unpaired) electrons. The summed E-state index contributed by atoms with van der Waals surface area (Å²) in [5, 5.41) is 9.56. The summed E-state index contributed by atoms with van der Waals surface area (Å²) >= 11 is 0. The first-order chi connectivity index (χ1) is 15.1. The SMILES string of the molecule is CC(C)(C)c1ccc2c(c1)Oc1c(N3CCC(N)C3)c(F)cc3c(=O)c(C(=O)O)cn-2c13. The van der Waals surface area contributed by atoms with E-state index in [0.29, 0.717) is 36.5 Å². The van der Waals surface area contributed by atoms with Gasteiger partial charge in [-0.15, -0.1) is 0 Å². The van der Waals surface area contributed by atoms with Gasteiger partial charge in [0.15, 0.2) is 17.3 Å². The minimum Gasteiger partial charge on any atom is -0.477 e. The molecule has 3 heterocycles. The van der Waals surface area contributed by atoms with E-state index in [0.717, 1.165) is 11.6 Å². The van der Waals surface area contributed by atoms with Gasteiger partial charge in [-0.25, -0.2) is 9.18 Å². The lowest BCUT2D eigenvalue weighted by atomic mass is 9.86. The number of aromatic carboxylic acids is 1. The summed E-state index contributed by atoms with van der Waals surface area (Å²) in [6.07, 6.45) is 2.01. The highest BCUT2D eigenvalue weighted by molar-refractivity contribution is 5.99. The zero-order valence-corrected chi connectivity index (χ0v) is 18.1. The van der Waals surface area contributed by atoms with Crippen LogP contribution in [0.15, 0.2) is 35.3 Å². The first-order valence-electron chi connectivity index (χ1n) is 10.5. The van der Waals surface area contributed by atoms with E-state index >= 15 is 4.39 Å². The topological polar surface area (TPSA) is 97.8 Å². The van der Waals surface area contributed by atoms with E-state index in [1.54, 1.807) is 4.57 Å². The number of nitrogens with two attached hydrogens (primary N) is 1. The van der Waals surface area contributed by atoms with E-state index in [-0.39, 0.29) is 28.3 Å². The molecule has 0 amide bonds. The number of halogens is 1. The maximum Gasteiger partial charge on any atom is 0.341 e. The smallest absolute Gasteiger partial charge is 0.341 e. The molecule has 2 aromatic carbocycles.